The fraction of sp³-hybridized carbons (Fsp3) is 0.194. The number of aromatic nitrogens is 1. The van der Waals surface area contributed by atoms with Gasteiger partial charge in [-0.25, -0.2) is 4.98 Å². The van der Waals surface area contributed by atoms with Crippen LogP contribution in [0.15, 0.2) is 77.8 Å². The Hall–Kier alpha value is -4.28. The maximum atomic E-state index is 13.2. The molecule has 1 unspecified atom stereocenters. The lowest BCUT2D eigenvalue weighted by Gasteiger charge is -2.18. The first-order valence-corrected chi connectivity index (χ1v) is 13.0. The maximum Gasteiger partial charge on any atom is 0.237 e. The predicted octanol–water partition coefficient (Wildman–Crippen LogP) is 7.04. The number of methoxy groups -OCH3 is 2. The highest BCUT2D eigenvalue weighted by molar-refractivity contribution is 8.00. The van der Waals surface area contributed by atoms with E-state index in [-0.39, 0.29) is 5.91 Å². The molecule has 1 N–H and O–H groups in total. The zero-order valence-electron chi connectivity index (χ0n) is 22.0. The van der Waals surface area contributed by atoms with E-state index in [0.29, 0.717) is 38.9 Å². The molecule has 0 radical (unpaired) electrons. The number of nitrogens with one attached hydrogen (secondary N) is 1. The summed E-state index contributed by atoms with van der Waals surface area (Å²) in [5.74, 6) is 1.07. The number of carbonyl (C=O) groups excluding carboxylic acids is 1. The van der Waals surface area contributed by atoms with Crippen LogP contribution in [-0.2, 0) is 4.79 Å². The number of nitriles is 1. The summed E-state index contributed by atoms with van der Waals surface area (Å²) in [7, 11) is 3.18. The van der Waals surface area contributed by atoms with Gasteiger partial charge in [0.1, 0.15) is 22.6 Å². The van der Waals surface area contributed by atoms with Gasteiger partial charge in [-0.1, -0.05) is 54.2 Å². The van der Waals surface area contributed by atoms with Crippen LogP contribution in [0.25, 0.3) is 22.4 Å². The highest BCUT2D eigenvalue weighted by atomic mass is 32.2. The highest BCUT2D eigenvalue weighted by Crippen LogP contribution is 2.40. The molecule has 0 aliphatic carbocycles. The van der Waals surface area contributed by atoms with Crippen LogP contribution >= 0.6 is 11.8 Å². The fourth-order valence-electron chi connectivity index (χ4n) is 4.05. The summed E-state index contributed by atoms with van der Waals surface area (Å²) < 4.78 is 11.1. The minimum absolute atomic E-state index is 0.167. The topological polar surface area (TPSA) is 84.2 Å². The Labute approximate surface area is 227 Å². The van der Waals surface area contributed by atoms with Crippen LogP contribution < -0.4 is 14.8 Å². The number of rotatable bonds is 8. The predicted molar refractivity (Wildman–Crippen MR) is 153 cm³/mol. The van der Waals surface area contributed by atoms with Crippen molar-refractivity contribution in [3.8, 4) is 40.0 Å². The van der Waals surface area contributed by atoms with Crippen molar-refractivity contribution in [1.29, 1.82) is 5.26 Å². The summed E-state index contributed by atoms with van der Waals surface area (Å²) >= 11 is 1.26. The number of ether oxygens (including phenoxy) is 2. The minimum atomic E-state index is -0.513. The second-order valence-electron chi connectivity index (χ2n) is 8.78. The van der Waals surface area contributed by atoms with E-state index in [2.05, 4.69) is 11.4 Å². The number of nitrogens with zero attached hydrogens (tertiary/aromatic N) is 2. The monoisotopic (exact) mass is 523 g/mol. The van der Waals surface area contributed by atoms with Gasteiger partial charge in [0.05, 0.1) is 30.7 Å². The average molecular weight is 524 g/mol. The quantitative estimate of drug-likeness (QED) is 0.249. The lowest BCUT2D eigenvalue weighted by atomic mass is 9.98. The van der Waals surface area contributed by atoms with Gasteiger partial charge >= 0.3 is 0 Å². The lowest BCUT2D eigenvalue weighted by Crippen LogP contribution is -2.23. The van der Waals surface area contributed by atoms with Crippen molar-refractivity contribution in [2.45, 2.75) is 31.0 Å². The Bertz CT molecular complexity index is 1510. The lowest BCUT2D eigenvalue weighted by molar-refractivity contribution is -0.115. The third kappa shape index (κ3) is 5.66. The summed E-state index contributed by atoms with van der Waals surface area (Å²) in [6.45, 7) is 5.81. The van der Waals surface area contributed by atoms with Crippen LogP contribution in [0.3, 0.4) is 0 Å². The first-order chi connectivity index (χ1) is 18.4. The molecule has 192 valence electrons. The van der Waals surface area contributed by atoms with Crippen LogP contribution in [0.1, 0.15) is 23.6 Å². The van der Waals surface area contributed by atoms with Crippen LogP contribution in [0.4, 0.5) is 5.69 Å². The van der Waals surface area contributed by atoms with Gasteiger partial charge in [-0.05, 0) is 62.2 Å². The van der Waals surface area contributed by atoms with Gasteiger partial charge in [-0.3, -0.25) is 4.79 Å². The molecule has 0 saturated carbocycles. The number of anilines is 1. The molecule has 0 bridgehead atoms. The number of pyridine rings is 1. The van der Waals surface area contributed by atoms with E-state index in [1.54, 1.807) is 14.2 Å². The fourth-order valence-corrected chi connectivity index (χ4v) is 4.98. The van der Waals surface area contributed by atoms with Crippen LogP contribution in [0, 0.1) is 25.2 Å². The van der Waals surface area contributed by atoms with E-state index in [0.717, 1.165) is 22.4 Å². The second kappa shape index (κ2) is 11.8. The van der Waals surface area contributed by atoms with Crippen LogP contribution in [-0.4, -0.2) is 30.4 Å². The number of amides is 1. The van der Waals surface area contributed by atoms with Gasteiger partial charge < -0.3 is 14.8 Å². The number of hydrogen-bond donors (Lipinski definition) is 1. The first kappa shape index (κ1) is 26.8. The summed E-state index contributed by atoms with van der Waals surface area (Å²) in [5, 5.41) is 13.3. The summed E-state index contributed by atoms with van der Waals surface area (Å²) in [5.41, 5.74) is 6.21. The molecule has 7 heteroatoms. The Balaban J connectivity index is 1.80. The van der Waals surface area contributed by atoms with Gasteiger partial charge in [-0.15, -0.1) is 0 Å². The van der Waals surface area contributed by atoms with E-state index in [4.69, 9.17) is 14.5 Å². The Morgan fingerprint density at radius 3 is 2.42 bits per heavy atom. The Morgan fingerprint density at radius 2 is 1.74 bits per heavy atom. The number of benzene rings is 3. The SMILES string of the molecule is COc1ccc(OC)c(-c2cc(-c3ccccc3)nc(SC(C)C(=O)Nc3cccc(C)c3C)c2C#N)c1. The zero-order chi connectivity index (χ0) is 27.2. The molecule has 1 aromatic heterocycles. The smallest absolute Gasteiger partial charge is 0.237 e. The summed E-state index contributed by atoms with van der Waals surface area (Å²) in [6, 6.07) is 25.2. The van der Waals surface area contributed by atoms with E-state index >= 15 is 0 Å². The molecule has 0 spiro atoms. The number of carbonyl (C=O) groups is 1. The van der Waals surface area contributed by atoms with Gasteiger partial charge in [0.25, 0.3) is 0 Å². The molecule has 4 aromatic rings. The van der Waals surface area contributed by atoms with Crippen molar-refractivity contribution >= 4 is 23.4 Å². The molecule has 38 heavy (non-hydrogen) atoms. The van der Waals surface area contributed by atoms with Crippen LogP contribution in [0.2, 0.25) is 0 Å². The first-order valence-electron chi connectivity index (χ1n) is 12.1. The number of hydrogen-bond acceptors (Lipinski definition) is 6. The molecular formula is C31H29N3O3S. The van der Waals surface area contributed by atoms with E-state index in [1.165, 1.54) is 11.8 Å². The van der Waals surface area contributed by atoms with Crippen LogP contribution in [0.5, 0.6) is 11.5 Å². The highest BCUT2D eigenvalue weighted by Gasteiger charge is 2.23. The standard InChI is InChI=1S/C31H29N3O3S/c1-19-10-9-13-27(20(19)2)33-30(35)21(3)38-31-26(18-32)24(17-28(34-31)22-11-7-6-8-12-22)25-16-23(36-4)14-15-29(25)37-5/h6-17,21H,1-5H3,(H,33,35). The molecule has 1 heterocycles. The van der Waals surface area contributed by atoms with Gasteiger partial charge in [0.15, 0.2) is 0 Å². The van der Waals surface area contributed by atoms with Gasteiger partial charge in [0, 0.05) is 22.4 Å². The Kier molecular flexibility index (Phi) is 8.35. The third-order valence-electron chi connectivity index (χ3n) is 6.38. The Morgan fingerprint density at radius 1 is 0.974 bits per heavy atom. The van der Waals surface area contributed by atoms with Crippen molar-refractivity contribution in [3.05, 3.63) is 89.5 Å². The summed E-state index contributed by atoms with van der Waals surface area (Å²) in [4.78, 5) is 18.0. The van der Waals surface area contributed by atoms with Gasteiger partial charge in [0.2, 0.25) is 5.91 Å². The second-order valence-corrected chi connectivity index (χ2v) is 10.1. The molecule has 6 nitrogen and oxygen atoms in total. The van der Waals surface area contributed by atoms with Crippen molar-refractivity contribution in [1.82, 2.24) is 4.98 Å². The van der Waals surface area contributed by atoms with Crippen molar-refractivity contribution in [2.75, 3.05) is 19.5 Å². The number of aryl methyl sites for hydroxylation is 1. The summed E-state index contributed by atoms with van der Waals surface area (Å²) in [6.07, 6.45) is 0. The van der Waals surface area contributed by atoms with E-state index in [9.17, 15) is 10.1 Å². The third-order valence-corrected chi connectivity index (χ3v) is 7.47. The zero-order valence-corrected chi connectivity index (χ0v) is 22.8. The maximum absolute atomic E-state index is 13.2. The molecule has 0 aliphatic heterocycles. The molecule has 4 rings (SSSR count). The average Bonchev–Trinajstić information content (AvgIpc) is 2.95. The molecule has 0 aliphatic rings. The van der Waals surface area contributed by atoms with E-state index < -0.39 is 5.25 Å². The van der Waals surface area contributed by atoms with Gasteiger partial charge in [-0.2, -0.15) is 5.26 Å². The molecule has 1 atom stereocenters. The van der Waals surface area contributed by atoms with Crippen molar-refractivity contribution < 1.29 is 14.3 Å². The normalized spacial score (nSPS) is 11.4. The molecular weight excluding hydrogens is 494 g/mol. The molecule has 0 saturated heterocycles. The molecule has 0 fully saturated rings. The largest absolute Gasteiger partial charge is 0.497 e. The van der Waals surface area contributed by atoms with Crippen molar-refractivity contribution in [2.24, 2.45) is 0 Å². The van der Waals surface area contributed by atoms with E-state index in [1.807, 2.05) is 93.6 Å². The van der Waals surface area contributed by atoms with Crippen molar-refractivity contribution in [3.63, 3.8) is 0 Å². The molecule has 3 aromatic carbocycles. The molecule has 1 amide bonds. The minimum Gasteiger partial charge on any atom is -0.497 e. The number of thioether (sulfide) groups is 1.